The highest BCUT2D eigenvalue weighted by atomic mass is 16.5. The molecule has 2 aliphatic rings. The van der Waals surface area contributed by atoms with Crippen molar-refractivity contribution in [1.82, 2.24) is 0 Å². The lowest BCUT2D eigenvalue weighted by Gasteiger charge is -2.55. The molecule has 0 bridgehead atoms. The van der Waals surface area contributed by atoms with Crippen LogP contribution in [0.25, 0.3) is 0 Å². The Balaban J connectivity index is 1.77. The molecule has 1 saturated carbocycles. The monoisotopic (exact) mass is 416 g/mol. The molecule has 0 spiro atoms. The van der Waals surface area contributed by atoms with Gasteiger partial charge in [-0.1, -0.05) is 38.5 Å². The SMILES string of the molecule is COC(=O)CCC(=O)OCC1(C)CCCC2(C)c3ccc(C(C)(C)O)cc3CCC12. The highest BCUT2D eigenvalue weighted by Crippen LogP contribution is 2.57. The van der Waals surface area contributed by atoms with E-state index in [-0.39, 0.29) is 29.6 Å². The summed E-state index contributed by atoms with van der Waals surface area (Å²) in [6.45, 7) is 8.65. The van der Waals surface area contributed by atoms with Gasteiger partial charge in [-0.05, 0) is 67.6 Å². The number of rotatable bonds is 6. The third kappa shape index (κ3) is 4.41. The fourth-order valence-electron chi connectivity index (χ4n) is 5.80. The normalized spacial score (nSPS) is 28.3. The lowest BCUT2D eigenvalue weighted by molar-refractivity contribution is -0.154. The summed E-state index contributed by atoms with van der Waals surface area (Å²) in [6, 6.07) is 6.45. The maximum absolute atomic E-state index is 12.2. The molecule has 0 heterocycles. The Morgan fingerprint density at radius 1 is 1.17 bits per heavy atom. The Labute approximate surface area is 180 Å². The van der Waals surface area contributed by atoms with Crippen LogP contribution in [0.4, 0.5) is 0 Å². The summed E-state index contributed by atoms with van der Waals surface area (Å²) in [4.78, 5) is 23.4. The first-order valence-electron chi connectivity index (χ1n) is 11.1. The summed E-state index contributed by atoms with van der Waals surface area (Å²) < 4.78 is 10.2. The Hall–Kier alpha value is -1.88. The predicted octanol–water partition coefficient (Wildman–Crippen LogP) is 4.42. The molecule has 2 aliphatic carbocycles. The van der Waals surface area contributed by atoms with E-state index in [0.29, 0.717) is 12.5 Å². The van der Waals surface area contributed by atoms with Crippen LogP contribution in [0.15, 0.2) is 18.2 Å². The molecule has 5 nitrogen and oxygen atoms in total. The first kappa shape index (κ1) is 22.8. The molecule has 5 heteroatoms. The average Bonchev–Trinajstić information content (AvgIpc) is 2.69. The topological polar surface area (TPSA) is 72.8 Å². The highest BCUT2D eigenvalue weighted by Gasteiger charge is 2.52. The zero-order valence-corrected chi connectivity index (χ0v) is 19.0. The lowest BCUT2D eigenvalue weighted by Crippen LogP contribution is -2.51. The average molecular weight is 417 g/mol. The molecule has 0 radical (unpaired) electrons. The first-order valence-corrected chi connectivity index (χ1v) is 11.1. The molecule has 0 saturated heterocycles. The summed E-state index contributed by atoms with van der Waals surface area (Å²) >= 11 is 0. The minimum atomic E-state index is -0.841. The van der Waals surface area contributed by atoms with Crippen LogP contribution in [0.5, 0.6) is 0 Å². The van der Waals surface area contributed by atoms with E-state index in [0.717, 1.165) is 37.7 Å². The Morgan fingerprint density at radius 3 is 2.53 bits per heavy atom. The molecular weight excluding hydrogens is 380 g/mol. The quantitative estimate of drug-likeness (QED) is 0.695. The molecule has 3 rings (SSSR count). The number of benzene rings is 1. The minimum absolute atomic E-state index is 0.0388. The van der Waals surface area contributed by atoms with Crippen LogP contribution in [0.1, 0.15) is 82.9 Å². The number of methoxy groups -OCH3 is 1. The molecule has 1 aromatic rings. The number of hydrogen-bond acceptors (Lipinski definition) is 5. The van der Waals surface area contributed by atoms with E-state index < -0.39 is 11.6 Å². The number of aryl methyl sites for hydroxylation is 1. The van der Waals surface area contributed by atoms with Gasteiger partial charge in [0.25, 0.3) is 0 Å². The third-order valence-electron chi connectivity index (χ3n) is 7.51. The number of carbonyl (C=O) groups is 2. The van der Waals surface area contributed by atoms with Gasteiger partial charge in [-0.2, -0.15) is 0 Å². The second kappa shape index (κ2) is 8.33. The molecule has 1 N–H and O–H groups in total. The Kier molecular flexibility index (Phi) is 6.33. The number of fused-ring (bicyclic) bond motifs is 3. The van der Waals surface area contributed by atoms with Crippen molar-refractivity contribution in [2.75, 3.05) is 13.7 Å². The molecule has 1 aromatic carbocycles. The summed E-state index contributed by atoms with van der Waals surface area (Å²) in [5.41, 5.74) is 2.80. The predicted molar refractivity (Wildman–Crippen MR) is 115 cm³/mol. The summed E-state index contributed by atoms with van der Waals surface area (Å²) in [6.07, 6.45) is 5.40. The second-order valence-corrected chi connectivity index (χ2v) is 10.2. The van der Waals surface area contributed by atoms with Gasteiger partial charge < -0.3 is 14.6 Å². The fourth-order valence-corrected chi connectivity index (χ4v) is 5.80. The van der Waals surface area contributed by atoms with Gasteiger partial charge in [-0.25, -0.2) is 0 Å². The third-order valence-corrected chi connectivity index (χ3v) is 7.51. The van der Waals surface area contributed by atoms with E-state index in [1.807, 2.05) is 13.8 Å². The standard InChI is InChI=1S/C25H36O5/c1-23(2,28)18-8-9-19-17(15-18)7-10-20-24(3,13-6-14-25(19,20)4)16-30-22(27)12-11-21(26)29-5/h8-9,15,20,28H,6-7,10-14,16H2,1-5H3. The van der Waals surface area contributed by atoms with Gasteiger partial charge in [0, 0.05) is 5.41 Å². The summed E-state index contributed by atoms with van der Waals surface area (Å²) in [5, 5.41) is 10.4. The minimum Gasteiger partial charge on any atom is -0.469 e. The van der Waals surface area contributed by atoms with Gasteiger partial charge in [0.2, 0.25) is 0 Å². The van der Waals surface area contributed by atoms with E-state index in [1.165, 1.54) is 18.2 Å². The van der Waals surface area contributed by atoms with Gasteiger partial charge >= 0.3 is 11.9 Å². The first-order chi connectivity index (χ1) is 14.0. The number of aliphatic hydroxyl groups is 1. The van der Waals surface area contributed by atoms with Crippen molar-refractivity contribution in [2.24, 2.45) is 11.3 Å². The molecule has 166 valence electrons. The van der Waals surface area contributed by atoms with Crippen LogP contribution >= 0.6 is 0 Å². The van der Waals surface area contributed by atoms with Crippen molar-refractivity contribution in [2.45, 2.75) is 83.7 Å². The molecule has 1 fully saturated rings. The van der Waals surface area contributed by atoms with E-state index in [4.69, 9.17) is 4.74 Å². The number of esters is 2. The van der Waals surface area contributed by atoms with Crippen LogP contribution < -0.4 is 0 Å². The fraction of sp³-hybridized carbons (Fsp3) is 0.680. The molecule has 3 atom stereocenters. The van der Waals surface area contributed by atoms with E-state index in [9.17, 15) is 14.7 Å². The van der Waals surface area contributed by atoms with Crippen molar-refractivity contribution in [1.29, 1.82) is 0 Å². The van der Waals surface area contributed by atoms with Crippen molar-refractivity contribution in [3.8, 4) is 0 Å². The van der Waals surface area contributed by atoms with Gasteiger partial charge in [0.05, 0.1) is 32.2 Å². The van der Waals surface area contributed by atoms with Crippen LogP contribution in [0, 0.1) is 11.3 Å². The maximum Gasteiger partial charge on any atom is 0.306 e. The van der Waals surface area contributed by atoms with Crippen LogP contribution in [0.3, 0.4) is 0 Å². The van der Waals surface area contributed by atoms with Crippen molar-refractivity contribution in [3.05, 3.63) is 34.9 Å². The van der Waals surface area contributed by atoms with E-state index in [1.54, 1.807) is 0 Å². The number of ether oxygens (including phenoxy) is 2. The molecular formula is C25H36O5. The van der Waals surface area contributed by atoms with Gasteiger partial charge in [-0.15, -0.1) is 0 Å². The van der Waals surface area contributed by atoms with Crippen LogP contribution in [0.2, 0.25) is 0 Å². The zero-order valence-electron chi connectivity index (χ0n) is 19.0. The number of carbonyl (C=O) groups excluding carboxylic acids is 2. The van der Waals surface area contributed by atoms with E-state index >= 15 is 0 Å². The van der Waals surface area contributed by atoms with Gasteiger partial charge in [0.1, 0.15) is 0 Å². The van der Waals surface area contributed by atoms with E-state index in [2.05, 4.69) is 36.8 Å². The van der Waals surface area contributed by atoms with Crippen molar-refractivity contribution in [3.63, 3.8) is 0 Å². The smallest absolute Gasteiger partial charge is 0.306 e. The molecule has 0 aromatic heterocycles. The Morgan fingerprint density at radius 2 is 1.87 bits per heavy atom. The molecule has 30 heavy (non-hydrogen) atoms. The Bertz CT molecular complexity index is 808. The molecule has 0 aliphatic heterocycles. The van der Waals surface area contributed by atoms with Crippen molar-refractivity contribution < 1.29 is 24.2 Å². The van der Waals surface area contributed by atoms with Gasteiger partial charge in [-0.3, -0.25) is 9.59 Å². The molecule has 3 unspecified atom stereocenters. The van der Waals surface area contributed by atoms with Crippen LogP contribution in [-0.2, 0) is 36.5 Å². The summed E-state index contributed by atoms with van der Waals surface area (Å²) in [7, 11) is 1.32. The zero-order chi connectivity index (χ0) is 22.2. The van der Waals surface area contributed by atoms with Crippen molar-refractivity contribution >= 4 is 11.9 Å². The molecule has 0 amide bonds. The van der Waals surface area contributed by atoms with Gasteiger partial charge in [0.15, 0.2) is 0 Å². The number of hydrogen-bond donors (Lipinski definition) is 1. The maximum atomic E-state index is 12.2. The largest absolute Gasteiger partial charge is 0.469 e. The lowest BCUT2D eigenvalue weighted by atomic mass is 9.50. The van der Waals surface area contributed by atoms with Crippen LogP contribution in [-0.4, -0.2) is 30.8 Å². The summed E-state index contributed by atoms with van der Waals surface area (Å²) in [5.74, 6) is -0.301. The highest BCUT2D eigenvalue weighted by molar-refractivity contribution is 5.77. The second-order valence-electron chi connectivity index (χ2n) is 10.2.